The first-order valence-corrected chi connectivity index (χ1v) is 5.07. The van der Waals surface area contributed by atoms with E-state index in [1.54, 1.807) is 0 Å². The number of allylic oxidation sites excluding steroid dienone is 1. The van der Waals surface area contributed by atoms with E-state index in [9.17, 15) is 9.36 Å². The SMILES string of the molecule is CC(=CCCP(=O)(O)O)C(=O)O.Cl.[NaH]. The molecule has 0 saturated heterocycles. The van der Waals surface area contributed by atoms with Gasteiger partial charge in [-0.15, -0.1) is 12.4 Å². The van der Waals surface area contributed by atoms with E-state index in [1.165, 1.54) is 13.0 Å². The van der Waals surface area contributed by atoms with Crippen molar-refractivity contribution in [1.82, 2.24) is 0 Å². The summed E-state index contributed by atoms with van der Waals surface area (Å²) in [5, 5.41) is 8.35. The summed E-state index contributed by atoms with van der Waals surface area (Å²) in [7, 11) is -3.99. The molecule has 0 aromatic heterocycles. The van der Waals surface area contributed by atoms with Crippen LogP contribution in [0.25, 0.3) is 0 Å². The fourth-order valence-electron chi connectivity index (χ4n) is 0.537. The van der Waals surface area contributed by atoms with E-state index in [2.05, 4.69) is 0 Å². The molecule has 0 aliphatic heterocycles. The summed E-state index contributed by atoms with van der Waals surface area (Å²) in [4.78, 5) is 27.0. The molecule has 0 aliphatic carbocycles. The van der Waals surface area contributed by atoms with E-state index in [4.69, 9.17) is 14.9 Å². The first-order chi connectivity index (χ1) is 5.33. The Labute approximate surface area is 110 Å². The Morgan fingerprint density at radius 1 is 1.43 bits per heavy atom. The molecule has 0 amide bonds. The zero-order valence-corrected chi connectivity index (χ0v) is 8.72. The normalized spacial score (nSPS) is 11.2. The van der Waals surface area contributed by atoms with Gasteiger partial charge in [-0.2, -0.15) is 0 Å². The molecule has 0 aromatic rings. The van der Waals surface area contributed by atoms with E-state index in [0.29, 0.717) is 0 Å². The Bertz CT molecular complexity index is 249. The number of carboxylic acid groups (broad SMARTS) is 1. The molecule has 5 nitrogen and oxygen atoms in total. The van der Waals surface area contributed by atoms with Crippen LogP contribution in [0.2, 0.25) is 0 Å². The van der Waals surface area contributed by atoms with Crippen LogP contribution in [0.15, 0.2) is 11.6 Å². The molecular weight excluding hydrogens is 241 g/mol. The summed E-state index contributed by atoms with van der Waals surface area (Å²) in [6.45, 7) is 1.38. The molecule has 0 aromatic carbocycles. The van der Waals surface area contributed by atoms with E-state index in [1.807, 2.05) is 0 Å². The van der Waals surface area contributed by atoms with E-state index >= 15 is 0 Å². The zero-order valence-electron chi connectivity index (χ0n) is 7.01. The molecule has 80 valence electrons. The van der Waals surface area contributed by atoms with E-state index in [-0.39, 0.29) is 60.1 Å². The number of halogens is 1. The first-order valence-electron chi connectivity index (χ1n) is 3.27. The standard InChI is InChI=1S/C6H11O5P.ClH.Na.H/c1-5(6(7)8)3-2-4-12(9,10)11;;;/h3H,2,4H2,1H3,(H,7,8)(H2,9,10,11);1H;;. The monoisotopic (exact) mass is 254 g/mol. The molecule has 3 N–H and O–H groups in total. The van der Waals surface area contributed by atoms with Crippen LogP contribution in [-0.4, -0.2) is 56.6 Å². The molecular formula is C6H13ClNaO5P. The Hall–Kier alpha value is 0.650. The maximum absolute atomic E-state index is 10.3. The van der Waals surface area contributed by atoms with E-state index < -0.39 is 13.6 Å². The van der Waals surface area contributed by atoms with Gasteiger partial charge in [0.2, 0.25) is 0 Å². The molecule has 0 saturated carbocycles. The maximum atomic E-state index is 10.3. The van der Waals surface area contributed by atoms with Gasteiger partial charge in [-0.3, -0.25) is 4.57 Å². The molecule has 8 heteroatoms. The predicted molar refractivity (Wildman–Crippen MR) is 57.3 cm³/mol. The second-order valence-corrected chi connectivity index (χ2v) is 4.15. The van der Waals surface area contributed by atoms with Gasteiger partial charge in [0.1, 0.15) is 0 Å². The van der Waals surface area contributed by atoms with Crippen LogP contribution < -0.4 is 0 Å². The van der Waals surface area contributed by atoms with E-state index in [0.717, 1.165) is 0 Å². The van der Waals surface area contributed by atoms with Crippen molar-refractivity contribution in [3.8, 4) is 0 Å². The van der Waals surface area contributed by atoms with Crippen molar-refractivity contribution < 1.29 is 24.3 Å². The molecule has 14 heavy (non-hydrogen) atoms. The molecule has 0 aliphatic rings. The zero-order chi connectivity index (χ0) is 9.78. The van der Waals surface area contributed by atoms with Gasteiger partial charge in [-0.05, 0) is 13.3 Å². The Morgan fingerprint density at radius 2 is 1.86 bits per heavy atom. The van der Waals surface area contributed by atoms with Crippen molar-refractivity contribution in [1.29, 1.82) is 0 Å². The van der Waals surface area contributed by atoms with Crippen molar-refractivity contribution in [2.45, 2.75) is 13.3 Å². The number of rotatable bonds is 4. The summed E-state index contributed by atoms with van der Waals surface area (Å²) in [5.41, 5.74) is 0.100. The quantitative estimate of drug-likeness (QED) is 0.382. The summed E-state index contributed by atoms with van der Waals surface area (Å²) in [5.74, 6) is -1.07. The first kappa shape index (κ1) is 20.1. The number of carboxylic acids is 1. The second kappa shape index (κ2) is 8.92. The van der Waals surface area contributed by atoms with Crippen molar-refractivity contribution in [2.75, 3.05) is 6.16 Å². The fourth-order valence-corrected chi connectivity index (χ4v) is 1.00. The molecule has 0 rings (SSSR count). The third-order valence-corrected chi connectivity index (χ3v) is 2.05. The molecule has 0 atom stereocenters. The van der Waals surface area contributed by atoms with Gasteiger partial charge in [-0.25, -0.2) is 4.79 Å². The van der Waals surface area contributed by atoms with Crippen LogP contribution in [-0.2, 0) is 9.36 Å². The number of hydrogen-bond donors (Lipinski definition) is 3. The van der Waals surface area contributed by atoms with Crippen LogP contribution in [0.4, 0.5) is 0 Å². The predicted octanol–water partition coefficient (Wildman–Crippen LogP) is 0.358. The van der Waals surface area contributed by atoms with Crippen LogP contribution >= 0.6 is 20.0 Å². The van der Waals surface area contributed by atoms with Gasteiger partial charge in [0.05, 0.1) is 6.16 Å². The summed E-state index contributed by atoms with van der Waals surface area (Å²) in [6, 6.07) is 0. The van der Waals surface area contributed by atoms with Crippen molar-refractivity contribution >= 4 is 55.5 Å². The minimum atomic E-state index is -3.99. The van der Waals surface area contributed by atoms with Gasteiger partial charge < -0.3 is 14.9 Å². The van der Waals surface area contributed by atoms with Crippen molar-refractivity contribution in [2.24, 2.45) is 0 Å². The molecule has 0 bridgehead atoms. The summed E-state index contributed by atoms with van der Waals surface area (Å²) < 4.78 is 10.3. The van der Waals surface area contributed by atoms with Gasteiger partial charge in [0, 0.05) is 5.57 Å². The van der Waals surface area contributed by atoms with Crippen LogP contribution in [0, 0.1) is 0 Å². The molecule has 0 radical (unpaired) electrons. The topological polar surface area (TPSA) is 94.8 Å². The van der Waals surface area contributed by atoms with Crippen molar-refractivity contribution in [3.63, 3.8) is 0 Å². The van der Waals surface area contributed by atoms with Crippen LogP contribution in [0.5, 0.6) is 0 Å². The second-order valence-electron chi connectivity index (χ2n) is 2.37. The van der Waals surface area contributed by atoms with Gasteiger partial charge in [0.15, 0.2) is 0 Å². The van der Waals surface area contributed by atoms with Gasteiger partial charge in [-0.1, -0.05) is 6.08 Å². The molecule has 0 fully saturated rings. The third-order valence-electron chi connectivity index (χ3n) is 1.21. The number of carbonyl (C=O) groups is 1. The number of aliphatic carboxylic acids is 1. The van der Waals surface area contributed by atoms with Crippen LogP contribution in [0.1, 0.15) is 13.3 Å². The Morgan fingerprint density at radius 3 is 2.14 bits per heavy atom. The molecule has 0 heterocycles. The minimum absolute atomic E-state index is 0. The van der Waals surface area contributed by atoms with Gasteiger partial charge >= 0.3 is 43.1 Å². The summed E-state index contributed by atoms with van der Waals surface area (Å²) in [6.07, 6.45) is 1.07. The van der Waals surface area contributed by atoms with Crippen molar-refractivity contribution in [3.05, 3.63) is 11.6 Å². The summed E-state index contributed by atoms with van der Waals surface area (Å²) >= 11 is 0. The third kappa shape index (κ3) is 12.7. The average molecular weight is 255 g/mol. The van der Waals surface area contributed by atoms with Crippen LogP contribution in [0.3, 0.4) is 0 Å². The number of hydrogen-bond acceptors (Lipinski definition) is 2. The Balaban J connectivity index is -0.000000605. The fraction of sp³-hybridized carbons (Fsp3) is 0.500. The average Bonchev–Trinajstić information content (AvgIpc) is 1.84. The molecule has 0 spiro atoms. The Kier molecular flexibility index (Phi) is 12.8. The van der Waals surface area contributed by atoms with Gasteiger partial charge in [0.25, 0.3) is 0 Å². The molecule has 0 unspecified atom stereocenters.